The van der Waals surface area contributed by atoms with Gasteiger partial charge < -0.3 is 15.0 Å². The highest BCUT2D eigenvalue weighted by molar-refractivity contribution is 6.42. The summed E-state index contributed by atoms with van der Waals surface area (Å²) in [4.78, 5) is 47.3. The van der Waals surface area contributed by atoms with Gasteiger partial charge in [0, 0.05) is 23.2 Å². The number of ether oxygens (including phenoxy) is 1. The van der Waals surface area contributed by atoms with E-state index in [2.05, 4.69) is 12.2 Å². The third-order valence-corrected chi connectivity index (χ3v) is 10.8. The van der Waals surface area contributed by atoms with Crippen LogP contribution in [0, 0.1) is 23.2 Å². The van der Waals surface area contributed by atoms with Gasteiger partial charge in [-0.05, 0) is 82.4 Å². The maximum Gasteiger partial charge on any atom is 0.312 e. The molecule has 39 heavy (non-hydrogen) atoms. The maximum absolute atomic E-state index is 14.4. The highest BCUT2D eigenvalue weighted by Gasteiger charge is 2.80. The van der Waals surface area contributed by atoms with Crippen LogP contribution in [-0.4, -0.2) is 45.5 Å². The predicted molar refractivity (Wildman–Crippen MR) is 149 cm³/mol. The Morgan fingerprint density at radius 2 is 1.92 bits per heavy atom. The zero-order valence-electron chi connectivity index (χ0n) is 22.9. The van der Waals surface area contributed by atoms with Gasteiger partial charge in [0.2, 0.25) is 5.95 Å². The summed E-state index contributed by atoms with van der Waals surface area (Å²) in [7, 11) is 1.47. The van der Waals surface area contributed by atoms with Crippen LogP contribution in [0.25, 0.3) is 0 Å². The molecule has 1 amide bonds. The Hall–Kier alpha value is -2.58. The van der Waals surface area contributed by atoms with Gasteiger partial charge in [-0.3, -0.25) is 19.0 Å². The molecule has 4 saturated carbocycles. The second-order valence-corrected chi connectivity index (χ2v) is 13.0. The Morgan fingerprint density at radius 3 is 2.51 bits per heavy atom. The molecule has 0 saturated heterocycles. The van der Waals surface area contributed by atoms with E-state index in [9.17, 15) is 14.4 Å². The number of carbonyl (C=O) groups excluding carboxylic acids is 2. The fraction of sp³-hybridized carbons (Fsp3) is 0.586. The van der Waals surface area contributed by atoms with Crippen molar-refractivity contribution in [2.24, 2.45) is 23.2 Å². The molecule has 0 radical (unpaired) electrons. The van der Waals surface area contributed by atoms with E-state index in [4.69, 9.17) is 32.9 Å². The third kappa shape index (κ3) is 3.49. The molecule has 4 fully saturated rings. The Labute approximate surface area is 238 Å². The number of esters is 1. The molecule has 2 aromatic rings. The summed E-state index contributed by atoms with van der Waals surface area (Å²) in [5.74, 6) is 0.897. The van der Waals surface area contributed by atoms with Crippen molar-refractivity contribution in [1.82, 2.24) is 14.5 Å². The maximum atomic E-state index is 14.4. The van der Waals surface area contributed by atoms with Crippen molar-refractivity contribution in [3.63, 3.8) is 0 Å². The zero-order chi connectivity index (χ0) is 28.0. The van der Waals surface area contributed by atoms with Gasteiger partial charge in [0.1, 0.15) is 0 Å². The van der Waals surface area contributed by atoms with Crippen LogP contribution in [-0.2, 0) is 28.0 Å². The van der Waals surface area contributed by atoms with Crippen molar-refractivity contribution in [3.05, 3.63) is 55.4 Å². The van der Waals surface area contributed by atoms with E-state index in [1.807, 2.05) is 25.3 Å². The normalized spacial score (nSPS) is 32.2. The van der Waals surface area contributed by atoms with Crippen molar-refractivity contribution >= 4 is 41.0 Å². The Kier molecular flexibility index (Phi) is 6.12. The Bertz CT molecular complexity index is 1450. The first kappa shape index (κ1) is 26.6. The summed E-state index contributed by atoms with van der Waals surface area (Å²) in [5, 5.41) is 4.15. The second-order valence-electron chi connectivity index (χ2n) is 12.2. The molecule has 2 heterocycles. The fourth-order valence-corrected chi connectivity index (χ4v) is 8.60. The number of hydrogen-bond donors (Lipinski definition) is 1. The minimum absolute atomic E-state index is 0.0283. The number of nitrogens with one attached hydrogen (secondary N) is 1. The van der Waals surface area contributed by atoms with E-state index in [1.54, 1.807) is 23.1 Å². The number of rotatable bonds is 5. The molecule has 5 unspecified atom stereocenters. The van der Waals surface area contributed by atoms with Gasteiger partial charge in [-0.25, -0.2) is 4.98 Å². The molecular weight excluding hydrogens is 539 g/mol. The molecule has 1 aromatic carbocycles. The molecule has 1 N–H and O–H groups in total. The fourth-order valence-electron chi connectivity index (χ4n) is 8.30. The van der Waals surface area contributed by atoms with Crippen LogP contribution >= 0.6 is 23.2 Å². The lowest BCUT2D eigenvalue weighted by atomic mass is 9.28. The molecule has 5 aliphatic rings. The van der Waals surface area contributed by atoms with Crippen LogP contribution in [0.1, 0.15) is 68.6 Å². The average Bonchev–Trinajstić information content (AvgIpc) is 2.89. The number of halogens is 2. The van der Waals surface area contributed by atoms with Crippen molar-refractivity contribution in [1.29, 1.82) is 0 Å². The van der Waals surface area contributed by atoms with E-state index >= 15 is 0 Å². The van der Waals surface area contributed by atoms with Gasteiger partial charge in [-0.2, -0.15) is 0 Å². The van der Waals surface area contributed by atoms with Crippen LogP contribution in [0.2, 0.25) is 10.0 Å². The highest BCUT2D eigenvalue weighted by Crippen LogP contribution is 2.79. The summed E-state index contributed by atoms with van der Waals surface area (Å²) in [6, 6.07) is 4.72. The first-order valence-electron chi connectivity index (χ1n) is 13.7. The summed E-state index contributed by atoms with van der Waals surface area (Å²) in [6.45, 7) is 8.41. The topological polar surface area (TPSA) is 93.5 Å². The zero-order valence-corrected chi connectivity index (χ0v) is 24.4. The number of hydrogen-bond acceptors (Lipinski definition) is 6. The lowest BCUT2D eigenvalue weighted by Crippen LogP contribution is -2.80. The van der Waals surface area contributed by atoms with Crippen molar-refractivity contribution in [3.8, 4) is 0 Å². The minimum Gasteiger partial charge on any atom is -0.469 e. The number of carbonyl (C=O) groups is 2. The van der Waals surface area contributed by atoms with Crippen LogP contribution < -0.4 is 10.9 Å². The number of amides is 1. The molecule has 208 valence electrons. The smallest absolute Gasteiger partial charge is 0.312 e. The number of nitrogens with zero attached hydrogens (tertiary/aromatic N) is 3. The molecule has 0 spiro atoms. The summed E-state index contributed by atoms with van der Waals surface area (Å²) in [5.41, 5.74) is 0.940. The average molecular weight is 574 g/mol. The van der Waals surface area contributed by atoms with Gasteiger partial charge >= 0.3 is 5.97 Å². The molecule has 4 aliphatic carbocycles. The van der Waals surface area contributed by atoms with Gasteiger partial charge in [0.15, 0.2) is 0 Å². The lowest BCUT2D eigenvalue weighted by Gasteiger charge is -2.78. The molecule has 10 heteroatoms. The number of benzene rings is 1. The lowest BCUT2D eigenvalue weighted by molar-refractivity contribution is -0.298. The van der Waals surface area contributed by atoms with E-state index in [0.29, 0.717) is 39.2 Å². The Morgan fingerprint density at radius 1 is 1.18 bits per heavy atom. The van der Waals surface area contributed by atoms with Gasteiger partial charge in [-0.1, -0.05) is 30.1 Å². The first-order chi connectivity index (χ1) is 18.5. The third-order valence-electron chi connectivity index (χ3n) is 10.1. The molecular formula is C29H34Cl2N4O4. The summed E-state index contributed by atoms with van der Waals surface area (Å²) < 4.78 is 7.13. The molecule has 1 aromatic heterocycles. The summed E-state index contributed by atoms with van der Waals surface area (Å²) in [6.07, 6.45) is 2.63. The second kappa shape index (κ2) is 8.96. The monoisotopic (exact) mass is 572 g/mol. The molecule has 4 bridgehead atoms. The van der Waals surface area contributed by atoms with Crippen LogP contribution in [0.5, 0.6) is 0 Å². The first-order valence-corrected chi connectivity index (χ1v) is 14.5. The van der Waals surface area contributed by atoms with E-state index in [-0.39, 0.29) is 59.4 Å². The van der Waals surface area contributed by atoms with Gasteiger partial charge in [0.05, 0.1) is 40.3 Å². The molecule has 7 rings (SSSR count). The molecule has 1 aliphatic heterocycles. The SMILES string of the molecule is COC(=O)C12CCC3(n4c(NC(C)C)nc5c(c4=O)C[C@@H](C)N(C(=O)c4ccc(Cl)c(Cl)c4)C5)C(C)C1C3C2. The van der Waals surface area contributed by atoms with Crippen LogP contribution in [0.3, 0.4) is 0 Å². The quantitative estimate of drug-likeness (QED) is 0.512. The number of fused-ring (bicyclic) bond motifs is 2. The van der Waals surface area contributed by atoms with Gasteiger partial charge in [0.25, 0.3) is 11.5 Å². The standard InChI is InChI=1S/C29H34Cl2N4O4/c1-14(2)32-27-33-22-13-34(24(36)17-6-7-20(30)21(31)11-17)15(3)10-18(22)25(37)35(27)29-9-8-28(26(38)39-5)12-19(29)23(28)16(29)4/h6-7,11,14-16,19,23H,8-10,12-13H2,1-5H3,(H,32,33)/t15-,16?,19?,23?,28?,29?/m1/s1. The number of anilines is 1. The number of methoxy groups -OCH3 is 1. The van der Waals surface area contributed by atoms with Crippen molar-refractivity contribution < 1.29 is 14.3 Å². The molecule has 8 nitrogen and oxygen atoms in total. The van der Waals surface area contributed by atoms with Gasteiger partial charge in [-0.15, -0.1) is 0 Å². The van der Waals surface area contributed by atoms with E-state index in [0.717, 1.165) is 19.3 Å². The number of aromatic nitrogens is 2. The van der Waals surface area contributed by atoms with E-state index < -0.39 is 5.41 Å². The van der Waals surface area contributed by atoms with Crippen molar-refractivity contribution in [2.45, 2.75) is 77.5 Å². The highest BCUT2D eigenvalue weighted by atomic mass is 35.5. The summed E-state index contributed by atoms with van der Waals surface area (Å²) >= 11 is 12.2. The largest absolute Gasteiger partial charge is 0.469 e. The van der Waals surface area contributed by atoms with E-state index in [1.165, 1.54) is 7.11 Å². The van der Waals surface area contributed by atoms with Crippen LogP contribution in [0.4, 0.5) is 5.95 Å². The van der Waals surface area contributed by atoms with Crippen LogP contribution in [0.15, 0.2) is 23.0 Å². The minimum atomic E-state index is -0.405. The van der Waals surface area contributed by atoms with Crippen molar-refractivity contribution in [2.75, 3.05) is 12.4 Å². The Balaban J connectivity index is 1.39. The molecule has 6 atom stereocenters. The predicted octanol–water partition coefficient (Wildman–Crippen LogP) is 4.89.